The van der Waals surface area contributed by atoms with Crippen LogP contribution in [0, 0.1) is 22.9 Å². The summed E-state index contributed by atoms with van der Waals surface area (Å²) in [6, 6.07) is 8.75. The Morgan fingerprint density at radius 2 is 1.85 bits per heavy atom. The van der Waals surface area contributed by atoms with E-state index < -0.39 is 20.8 Å². The van der Waals surface area contributed by atoms with E-state index in [-0.39, 0.29) is 35.9 Å². The summed E-state index contributed by atoms with van der Waals surface area (Å²) in [6.07, 6.45) is 0.244. The van der Waals surface area contributed by atoms with Gasteiger partial charge in [0.05, 0.1) is 21.1 Å². The Labute approximate surface area is 155 Å². The summed E-state index contributed by atoms with van der Waals surface area (Å²) in [7, 11) is -3.78. The van der Waals surface area contributed by atoms with Crippen molar-refractivity contribution in [1.29, 1.82) is 0 Å². The van der Waals surface area contributed by atoms with E-state index in [1.807, 2.05) is 0 Å². The van der Waals surface area contributed by atoms with Crippen molar-refractivity contribution in [2.45, 2.75) is 24.7 Å². The number of halogens is 1. The molecule has 2 aromatic rings. The molecule has 0 aromatic heterocycles. The zero-order chi connectivity index (χ0) is 20.0. The fraction of sp³-hybridized carbons (Fsp3) is 0.235. The number of nitrogens with zero attached hydrogens (tertiary/aromatic N) is 1. The molecule has 0 fully saturated rings. The second-order valence-electron chi connectivity index (χ2n) is 5.71. The molecule has 144 valence electrons. The van der Waals surface area contributed by atoms with Crippen molar-refractivity contribution in [3.63, 3.8) is 0 Å². The molecule has 0 saturated heterocycles. The van der Waals surface area contributed by atoms with E-state index in [2.05, 4.69) is 10.0 Å². The fourth-order valence-electron chi connectivity index (χ4n) is 2.32. The number of nitro groups is 1. The van der Waals surface area contributed by atoms with Gasteiger partial charge in [-0.1, -0.05) is 6.07 Å². The molecule has 0 unspecified atom stereocenters. The van der Waals surface area contributed by atoms with Gasteiger partial charge in [-0.15, -0.1) is 0 Å². The van der Waals surface area contributed by atoms with Crippen molar-refractivity contribution in [3.05, 3.63) is 64.0 Å². The average molecular weight is 395 g/mol. The van der Waals surface area contributed by atoms with Crippen LogP contribution in [-0.2, 0) is 14.8 Å². The summed E-state index contributed by atoms with van der Waals surface area (Å²) in [5, 5.41) is 13.5. The summed E-state index contributed by atoms with van der Waals surface area (Å²) in [4.78, 5) is 22.3. The molecule has 0 radical (unpaired) electrons. The molecule has 2 N–H and O–H groups in total. The third-order valence-corrected chi connectivity index (χ3v) is 5.25. The highest BCUT2D eigenvalue weighted by Crippen LogP contribution is 2.25. The Hall–Kier alpha value is -2.85. The number of carbonyl (C=O) groups is 1. The number of carbonyl (C=O) groups excluding carboxylic acids is 1. The molecule has 2 rings (SSSR count). The van der Waals surface area contributed by atoms with Gasteiger partial charge in [0.15, 0.2) is 0 Å². The van der Waals surface area contributed by atoms with Crippen molar-refractivity contribution >= 4 is 27.3 Å². The first-order valence-electron chi connectivity index (χ1n) is 8.00. The van der Waals surface area contributed by atoms with Crippen LogP contribution in [0.5, 0.6) is 0 Å². The molecule has 0 bridgehead atoms. The van der Waals surface area contributed by atoms with Crippen LogP contribution in [0.15, 0.2) is 47.4 Å². The summed E-state index contributed by atoms with van der Waals surface area (Å²) < 4.78 is 39.2. The van der Waals surface area contributed by atoms with Gasteiger partial charge in [0, 0.05) is 19.0 Å². The van der Waals surface area contributed by atoms with Crippen molar-refractivity contribution < 1.29 is 22.5 Å². The largest absolute Gasteiger partial charge is 0.326 e. The zero-order valence-corrected chi connectivity index (χ0v) is 15.3. The molecule has 0 heterocycles. The molecule has 0 saturated carbocycles. The van der Waals surface area contributed by atoms with Crippen LogP contribution < -0.4 is 10.0 Å². The lowest BCUT2D eigenvalue weighted by molar-refractivity contribution is -0.385. The molecular formula is C17H18FN3O5S. The molecule has 0 atom stereocenters. The maximum Gasteiger partial charge on any atom is 0.274 e. The lowest BCUT2D eigenvalue weighted by Crippen LogP contribution is -2.25. The van der Waals surface area contributed by atoms with Crippen LogP contribution in [0.2, 0.25) is 0 Å². The predicted octanol–water partition coefficient (Wildman–Crippen LogP) is 2.74. The Balaban J connectivity index is 1.85. The number of amides is 1. The summed E-state index contributed by atoms with van der Waals surface area (Å²) in [5.74, 6) is -0.929. The van der Waals surface area contributed by atoms with Gasteiger partial charge in [0.1, 0.15) is 5.82 Å². The van der Waals surface area contributed by atoms with Gasteiger partial charge in [0.2, 0.25) is 15.9 Å². The quantitative estimate of drug-likeness (QED) is 0.405. The number of nitrogens with one attached hydrogen (secondary N) is 2. The van der Waals surface area contributed by atoms with E-state index in [1.54, 1.807) is 6.07 Å². The molecule has 0 spiro atoms. The standard InChI is InChI=1S/C17H18FN3O5S/c1-12-15(4-2-5-16(12)21(23)24)20-17(22)6-3-11-19-27(25,26)14-9-7-13(18)8-10-14/h2,4-5,7-10,19H,3,6,11H2,1H3,(H,20,22). The van der Waals surface area contributed by atoms with Gasteiger partial charge in [-0.2, -0.15) is 0 Å². The van der Waals surface area contributed by atoms with E-state index in [0.29, 0.717) is 11.3 Å². The molecule has 1 amide bonds. The number of hydrogen-bond acceptors (Lipinski definition) is 5. The second-order valence-corrected chi connectivity index (χ2v) is 7.48. The molecule has 0 aliphatic rings. The number of nitro benzene ring substituents is 1. The first kappa shape index (κ1) is 20.5. The number of hydrogen-bond donors (Lipinski definition) is 2. The van der Waals surface area contributed by atoms with Crippen LogP contribution in [0.4, 0.5) is 15.8 Å². The molecular weight excluding hydrogens is 377 g/mol. The second kappa shape index (κ2) is 8.69. The SMILES string of the molecule is Cc1c(NC(=O)CCCNS(=O)(=O)c2ccc(F)cc2)cccc1[N+](=O)[O-]. The summed E-state index contributed by atoms with van der Waals surface area (Å²) in [5.41, 5.74) is 0.578. The lowest BCUT2D eigenvalue weighted by Gasteiger charge is -2.09. The normalized spacial score (nSPS) is 11.2. The molecule has 27 heavy (non-hydrogen) atoms. The maximum atomic E-state index is 12.8. The van der Waals surface area contributed by atoms with Gasteiger partial charge in [-0.3, -0.25) is 14.9 Å². The minimum absolute atomic E-state index is 0.0149. The van der Waals surface area contributed by atoms with Gasteiger partial charge in [-0.25, -0.2) is 17.5 Å². The van der Waals surface area contributed by atoms with Crippen LogP contribution in [0.25, 0.3) is 0 Å². The van der Waals surface area contributed by atoms with E-state index in [1.165, 1.54) is 19.1 Å². The Morgan fingerprint density at radius 3 is 2.48 bits per heavy atom. The topological polar surface area (TPSA) is 118 Å². The molecule has 0 aliphatic carbocycles. The monoisotopic (exact) mass is 395 g/mol. The minimum Gasteiger partial charge on any atom is -0.326 e. The van der Waals surface area contributed by atoms with Crippen LogP contribution >= 0.6 is 0 Å². The van der Waals surface area contributed by atoms with E-state index >= 15 is 0 Å². The fourth-order valence-corrected chi connectivity index (χ4v) is 3.40. The molecule has 2 aromatic carbocycles. The summed E-state index contributed by atoms with van der Waals surface area (Å²) in [6.45, 7) is 1.55. The molecule has 0 aliphatic heterocycles. The Morgan fingerprint density at radius 1 is 1.19 bits per heavy atom. The third-order valence-electron chi connectivity index (χ3n) is 3.77. The van der Waals surface area contributed by atoms with Crippen LogP contribution in [-0.4, -0.2) is 25.8 Å². The molecule has 8 nitrogen and oxygen atoms in total. The predicted molar refractivity (Wildman–Crippen MR) is 97.3 cm³/mol. The van der Waals surface area contributed by atoms with Crippen molar-refractivity contribution in [2.24, 2.45) is 0 Å². The van der Waals surface area contributed by atoms with E-state index in [9.17, 15) is 27.7 Å². The smallest absolute Gasteiger partial charge is 0.274 e. The number of benzene rings is 2. The molecule has 10 heteroatoms. The van der Waals surface area contributed by atoms with Gasteiger partial charge in [0.25, 0.3) is 5.69 Å². The van der Waals surface area contributed by atoms with Crippen molar-refractivity contribution in [3.8, 4) is 0 Å². The Kier molecular flexibility index (Phi) is 6.59. The van der Waals surface area contributed by atoms with Crippen molar-refractivity contribution in [2.75, 3.05) is 11.9 Å². The van der Waals surface area contributed by atoms with E-state index in [0.717, 1.165) is 24.3 Å². The highest BCUT2D eigenvalue weighted by Gasteiger charge is 2.16. The highest BCUT2D eigenvalue weighted by atomic mass is 32.2. The maximum absolute atomic E-state index is 12.8. The third kappa shape index (κ3) is 5.56. The minimum atomic E-state index is -3.78. The average Bonchev–Trinajstić information content (AvgIpc) is 2.60. The van der Waals surface area contributed by atoms with E-state index in [4.69, 9.17) is 0 Å². The first-order chi connectivity index (χ1) is 12.7. The number of rotatable bonds is 8. The zero-order valence-electron chi connectivity index (χ0n) is 14.4. The Bertz CT molecular complexity index is 946. The highest BCUT2D eigenvalue weighted by molar-refractivity contribution is 7.89. The van der Waals surface area contributed by atoms with Gasteiger partial charge in [-0.05, 0) is 43.7 Å². The van der Waals surface area contributed by atoms with Crippen molar-refractivity contribution in [1.82, 2.24) is 4.72 Å². The van der Waals surface area contributed by atoms with Gasteiger partial charge < -0.3 is 5.32 Å². The number of anilines is 1. The number of sulfonamides is 1. The first-order valence-corrected chi connectivity index (χ1v) is 9.48. The van der Waals surface area contributed by atoms with Crippen LogP contribution in [0.3, 0.4) is 0 Å². The van der Waals surface area contributed by atoms with Crippen LogP contribution in [0.1, 0.15) is 18.4 Å². The lowest BCUT2D eigenvalue weighted by atomic mass is 10.1. The van der Waals surface area contributed by atoms with Gasteiger partial charge >= 0.3 is 0 Å². The summed E-state index contributed by atoms with van der Waals surface area (Å²) >= 11 is 0.